The van der Waals surface area contributed by atoms with Gasteiger partial charge in [0.25, 0.3) is 10.0 Å². The van der Waals surface area contributed by atoms with Crippen molar-refractivity contribution in [3.8, 4) is 5.75 Å². The molecule has 8 nitrogen and oxygen atoms in total. The maximum atomic E-state index is 14.7. The predicted molar refractivity (Wildman–Crippen MR) is 188 cm³/mol. The molecule has 0 aliphatic heterocycles. The summed E-state index contributed by atoms with van der Waals surface area (Å²) in [5, 5.41) is 3.64. The van der Waals surface area contributed by atoms with Gasteiger partial charge < -0.3 is 15.0 Å². The number of hydrogen-bond donors (Lipinski definition) is 1. The Morgan fingerprint density at radius 2 is 1.49 bits per heavy atom. The van der Waals surface area contributed by atoms with Gasteiger partial charge in [0.2, 0.25) is 11.8 Å². The van der Waals surface area contributed by atoms with Crippen molar-refractivity contribution in [2.24, 2.45) is 0 Å². The van der Waals surface area contributed by atoms with Crippen LogP contribution in [0.3, 0.4) is 0 Å². The minimum absolute atomic E-state index is 0.00120. The zero-order valence-corrected chi connectivity index (χ0v) is 29.4. The third-order valence-electron chi connectivity index (χ3n) is 7.32. The topological polar surface area (TPSA) is 96.0 Å². The quantitative estimate of drug-likeness (QED) is 0.171. The molecule has 2 amide bonds. The summed E-state index contributed by atoms with van der Waals surface area (Å²) in [6.45, 7) is 6.72. The molecule has 0 aromatic heterocycles. The van der Waals surface area contributed by atoms with Crippen LogP contribution in [-0.2, 0) is 32.6 Å². The number of nitrogens with zero attached hydrogens (tertiary/aromatic N) is 2. The molecule has 4 aromatic rings. The Bertz CT molecular complexity index is 1810. The van der Waals surface area contributed by atoms with E-state index >= 15 is 0 Å². The molecule has 0 spiro atoms. The lowest BCUT2D eigenvalue weighted by Gasteiger charge is -2.35. The van der Waals surface area contributed by atoms with Gasteiger partial charge in [-0.25, -0.2) is 8.42 Å². The summed E-state index contributed by atoms with van der Waals surface area (Å²) >= 11 is 12.6. The fourth-order valence-corrected chi connectivity index (χ4v) is 6.83. The Kier molecular flexibility index (Phi) is 11.6. The first-order valence-corrected chi connectivity index (χ1v) is 17.2. The molecule has 1 N–H and O–H groups in total. The van der Waals surface area contributed by atoms with Gasteiger partial charge in [-0.3, -0.25) is 13.9 Å². The van der Waals surface area contributed by atoms with E-state index in [9.17, 15) is 18.0 Å². The van der Waals surface area contributed by atoms with Crippen LogP contribution in [0.15, 0.2) is 102 Å². The lowest BCUT2D eigenvalue weighted by Crippen LogP contribution is -2.56. The van der Waals surface area contributed by atoms with Gasteiger partial charge in [-0.05, 0) is 80.8 Å². The fourth-order valence-electron chi connectivity index (χ4n) is 5.07. The van der Waals surface area contributed by atoms with Crippen molar-refractivity contribution in [1.29, 1.82) is 0 Å². The van der Waals surface area contributed by atoms with Crippen LogP contribution in [0.25, 0.3) is 0 Å². The molecule has 11 heteroatoms. The Morgan fingerprint density at radius 3 is 2.09 bits per heavy atom. The number of ether oxygens (including phenoxy) is 1. The molecule has 0 heterocycles. The van der Waals surface area contributed by atoms with Gasteiger partial charge in [-0.2, -0.15) is 0 Å². The Hall–Kier alpha value is -4.05. The van der Waals surface area contributed by atoms with E-state index in [1.807, 2.05) is 58.0 Å². The third kappa shape index (κ3) is 9.28. The molecule has 0 bridgehead atoms. The van der Waals surface area contributed by atoms with Crippen LogP contribution in [0.5, 0.6) is 5.75 Å². The number of hydrogen-bond acceptors (Lipinski definition) is 5. The smallest absolute Gasteiger partial charge is 0.264 e. The fraction of sp³-hybridized carbons (Fsp3) is 0.278. The minimum Gasteiger partial charge on any atom is -0.495 e. The highest BCUT2D eigenvalue weighted by Crippen LogP contribution is 2.34. The minimum atomic E-state index is -4.28. The molecule has 0 fully saturated rings. The van der Waals surface area contributed by atoms with Crippen LogP contribution < -0.4 is 14.4 Å². The normalized spacial score (nSPS) is 12.2. The van der Waals surface area contributed by atoms with Crippen molar-refractivity contribution in [2.45, 2.75) is 57.1 Å². The Labute approximate surface area is 287 Å². The van der Waals surface area contributed by atoms with Gasteiger partial charge in [-0.1, -0.05) is 83.9 Å². The van der Waals surface area contributed by atoms with Gasteiger partial charge in [0.1, 0.15) is 18.3 Å². The monoisotopic (exact) mass is 695 g/mol. The van der Waals surface area contributed by atoms with Crippen LogP contribution >= 0.6 is 23.2 Å². The largest absolute Gasteiger partial charge is 0.495 e. The third-order valence-corrected chi connectivity index (χ3v) is 9.83. The molecule has 0 aliphatic rings. The van der Waals surface area contributed by atoms with E-state index in [1.54, 1.807) is 54.6 Å². The summed E-state index contributed by atoms with van der Waals surface area (Å²) in [4.78, 5) is 30.1. The van der Waals surface area contributed by atoms with E-state index in [0.29, 0.717) is 10.6 Å². The van der Waals surface area contributed by atoms with Crippen molar-refractivity contribution >= 4 is 50.7 Å². The number of methoxy groups -OCH3 is 1. The summed E-state index contributed by atoms with van der Waals surface area (Å²) in [6.07, 6.45) is 0.176. The first-order valence-electron chi connectivity index (χ1n) is 15.0. The van der Waals surface area contributed by atoms with Crippen LogP contribution in [0.1, 0.15) is 37.5 Å². The highest BCUT2D eigenvalue weighted by Gasteiger charge is 2.36. The summed E-state index contributed by atoms with van der Waals surface area (Å²) in [7, 11) is -2.85. The van der Waals surface area contributed by atoms with E-state index in [4.69, 9.17) is 27.9 Å². The van der Waals surface area contributed by atoms with Gasteiger partial charge in [-0.15, -0.1) is 0 Å². The number of rotatable bonds is 12. The average molecular weight is 697 g/mol. The standard InChI is InChI=1S/C36H39Cl2N3O5S/c1-25-16-19-33(46-5)31(20-25)41(47(44,45)28-14-10-7-11-15-28)24-34(42)40(23-27-17-18-29(37)30(38)21-27)32(35(43)39-36(2,3)4)22-26-12-8-6-9-13-26/h6-21,32H,22-24H2,1-5H3,(H,39,43). The zero-order valence-electron chi connectivity index (χ0n) is 27.0. The van der Waals surface area contributed by atoms with Crippen molar-refractivity contribution in [1.82, 2.24) is 10.2 Å². The summed E-state index contributed by atoms with van der Waals surface area (Å²) in [5.41, 5.74) is 1.78. The number of halogens is 2. The number of amides is 2. The highest BCUT2D eigenvalue weighted by molar-refractivity contribution is 7.92. The van der Waals surface area contributed by atoms with Gasteiger partial charge in [0.05, 0.1) is 27.7 Å². The number of benzene rings is 4. The van der Waals surface area contributed by atoms with Crippen molar-refractivity contribution in [3.63, 3.8) is 0 Å². The molecule has 0 aliphatic carbocycles. The number of carbonyl (C=O) groups excluding carboxylic acids is 2. The van der Waals surface area contributed by atoms with Crippen LogP contribution in [0, 0.1) is 6.92 Å². The first-order chi connectivity index (χ1) is 22.2. The second-order valence-electron chi connectivity index (χ2n) is 12.2. The number of sulfonamides is 1. The SMILES string of the molecule is COc1ccc(C)cc1N(CC(=O)N(Cc1ccc(Cl)c(Cl)c1)C(Cc1ccccc1)C(=O)NC(C)(C)C)S(=O)(=O)c1ccccc1. The predicted octanol–water partition coefficient (Wildman–Crippen LogP) is 7.06. The molecule has 47 heavy (non-hydrogen) atoms. The van der Waals surface area contributed by atoms with Crippen LogP contribution in [0.2, 0.25) is 10.0 Å². The van der Waals surface area contributed by atoms with Crippen molar-refractivity contribution in [2.75, 3.05) is 18.0 Å². The molecule has 0 radical (unpaired) electrons. The van der Waals surface area contributed by atoms with E-state index < -0.39 is 34.1 Å². The second kappa shape index (κ2) is 15.2. The number of aryl methyl sites for hydroxylation is 1. The number of anilines is 1. The molecule has 1 unspecified atom stereocenters. The van der Waals surface area contributed by atoms with Crippen molar-refractivity contribution < 1.29 is 22.7 Å². The van der Waals surface area contributed by atoms with E-state index in [-0.39, 0.29) is 40.2 Å². The van der Waals surface area contributed by atoms with Crippen molar-refractivity contribution in [3.05, 3.63) is 124 Å². The molecule has 0 saturated heterocycles. The number of carbonyl (C=O) groups is 2. The van der Waals surface area contributed by atoms with Crippen LogP contribution in [-0.4, -0.2) is 50.4 Å². The van der Waals surface area contributed by atoms with E-state index in [1.165, 1.54) is 24.1 Å². The van der Waals surface area contributed by atoms with E-state index in [0.717, 1.165) is 15.4 Å². The lowest BCUT2D eigenvalue weighted by atomic mass is 10.0. The zero-order chi connectivity index (χ0) is 34.4. The van der Waals surface area contributed by atoms with E-state index in [2.05, 4.69) is 5.32 Å². The summed E-state index contributed by atoms with van der Waals surface area (Å²) in [6, 6.07) is 26.3. The summed E-state index contributed by atoms with van der Waals surface area (Å²) in [5.74, 6) is -0.727. The molecule has 4 rings (SSSR count). The molecule has 0 saturated carbocycles. The van der Waals surface area contributed by atoms with Crippen LogP contribution in [0.4, 0.5) is 5.69 Å². The summed E-state index contributed by atoms with van der Waals surface area (Å²) < 4.78 is 35.2. The van der Waals surface area contributed by atoms with Gasteiger partial charge in [0, 0.05) is 18.5 Å². The second-order valence-corrected chi connectivity index (χ2v) is 14.9. The van der Waals surface area contributed by atoms with Gasteiger partial charge in [0.15, 0.2) is 0 Å². The molecular weight excluding hydrogens is 657 g/mol. The highest BCUT2D eigenvalue weighted by atomic mass is 35.5. The number of nitrogens with one attached hydrogen (secondary N) is 1. The Morgan fingerprint density at radius 1 is 0.851 bits per heavy atom. The average Bonchev–Trinajstić information content (AvgIpc) is 3.03. The molecular formula is C36H39Cl2N3O5S. The molecule has 248 valence electrons. The van der Waals surface area contributed by atoms with Gasteiger partial charge >= 0.3 is 0 Å². The lowest BCUT2D eigenvalue weighted by molar-refractivity contribution is -0.140. The molecule has 1 atom stereocenters. The first kappa shape index (κ1) is 35.8. The molecule has 4 aromatic carbocycles. The maximum absolute atomic E-state index is 14.7. The Balaban J connectivity index is 1.87. The maximum Gasteiger partial charge on any atom is 0.264 e.